The molecule has 1 N–H and O–H groups in total. The Kier molecular flexibility index (Phi) is 4.35. The first kappa shape index (κ1) is 18.0. The Bertz CT molecular complexity index is 1370. The minimum Gasteiger partial charge on any atom is -0.369 e. The number of nitrogens with zero attached hydrogens (tertiary/aromatic N) is 5. The fourth-order valence-corrected chi connectivity index (χ4v) is 4.21. The van der Waals surface area contributed by atoms with Crippen LogP contribution in [0.3, 0.4) is 0 Å². The van der Waals surface area contributed by atoms with Gasteiger partial charge in [0, 0.05) is 55.2 Å². The van der Waals surface area contributed by atoms with Crippen LogP contribution in [0.1, 0.15) is 0 Å². The van der Waals surface area contributed by atoms with Gasteiger partial charge in [-0.25, -0.2) is 14.5 Å². The summed E-state index contributed by atoms with van der Waals surface area (Å²) in [4.78, 5) is 11.9. The van der Waals surface area contributed by atoms with E-state index in [1.54, 1.807) is 0 Å². The Balaban J connectivity index is 1.32. The molecule has 0 bridgehead atoms. The van der Waals surface area contributed by atoms with E-state index in [0.29, 0.717) is 0 Å². The third kappa shape index (κ3) is 3.31. The molecular formula is C25H22N6. The average Bonchev–Trinajstić information content (AvgIpc) is 3.28. The molecule has 0 atom stereocenters. The lowest BCUT2D eigenvalue weighted by molar-refractivity contribution is 0.589. The second kappa shape index (κ2) is 7.49. The molecule has 0 unspecified atom stereocenters. The summed E-state index contributed by atoms with van der Waals surface area (Å²) in [6, 6.07) is 21.0. The molecule has 0 saturated carbocycles. The van der Waals surface area contributed by atoms with Crippen LogP contribution in [0.25, 0.3) is 38.9 Å². The van der Waals surface area contributed by atoms with Crippen molar-refractivity contribution in [2.75, 3.05) is 31.1 Å². The zero-order chi connectivity index (χ0) is 20.6. The number of fused-ring (bicyclic) bond motifs is 2. The maximum absolute atomic E-state index is 4.80. The van der Waals surface area contributed by atoms with Crippen LogP contribution in [0.4, 0.5) is 5.69 Å². The second-order valence-corrected chi connectivity index (χ2v) is 7.84. The third-order valence-corrected chi connectivity index (χ3v) is 5.91. The van der Waals surface area contributed by atoms with Gasteiger partial charge in [0.2, 0.25) is 0 Å². The molecule has 6 rings (SSSR count). The molecule has 1 saturated heterocycles. The molecule has 1 aliphatic heterocycles. The van der Waals surface area contributed by atoms with E-state index in [0.717, 1.165) is 65.1 Å². The number of para-hydroxylation sites is 1. The predicted octanol–water partition coefficient (Wildman–Crippen LogP) is 4.02. The number of piperazine rings is 1. The molecular weight excluding hydrogens is 384 g/mol. The number of aromatic nitrogens is 4. The van der Waals surface area contributed by atoms with E-state index in [1.165, 1.54) is 5.69 Å². The fourth-order valence-electron chi connectivity index (χ4n) is 4.21. The van der Waals surface area contributed by atoms with Crippen molar-refractivity contribution >= 4 is 22.2 Å². The highest BCUT2D eigenvalue weighted by Gasteiger charge is 2.13. The maximum atomic E-state index is 4.80. The molecule has 5 aromatic rings. The Morgan fingerprint density at radius 2 is 1.65 bits per heavy atom. The van der Waals surface area contributed by atoms with Gasteiger partial charge in [-0.3, -0.25) is 0 Å². The molecule has 2 aromatic carbocycles. The monoisotopic (exact) mass is 406 g/mol. The van der Waals surface area contributed by atoms with Crippen LogP contribution in [0, 0.1) is 0 Å². The van der Waals surface area contributed by atoms with Gasteiger partial charge in [-0.1, -0.05) is 36.4 Å². The number of rotatable bonds is 3. The van der Waals surface area contributed by atoms with Crippen molar-refractivity contribution in [2.24, 2.45) is 0 Å². The van der Waals surface area contributed by atoms with Crippen molar-refractivity contribution in [2.45, 2.75) is 0 Å². The number of hydrogen-bond acceptors (Lipinski definition) is 5. The van der Waals surface area contributed by atoms with Gasteiger partial charge in [-0.15, -0.1) is 0 Å². The molecule has 0 aliphatic carbocycles. The zero-order valence-electron chi connectivity index (χ0n) is 17.1. The Morgan fingerprint density at radius 1 is 0.806 bits per heavy atom. The van der Waals surface area contributed by atoms with Crippen LogP contribution in [0.2, 0.25) is 0 Å². The highest BCUT2D eigenvalue weighted by atomic mass is 15.2. The predicted molar refractivity (Wildman–Crippen MR) is 124 cm³/mol. The summed E-state index contributed by atoms with van der Waals surface area (Å²) in [7, 11) is 0. The Hall–Kier alpha value is -3.77. The van der Waals surface area contributed by atoms with Crippen LogP contribution in [-0.2, 0) is 0 Å². The number of nitrogens with one attached hydrogen (secondary N) is 1. The van der Waals surface area contributed by atoms with Gasteiger partial charge in [0.25, 0.3) is 0 Å². The lowest BCUT2D eigenvalue weighted by atomic mass is 10.1. The Morgan fingerprint density at radius 3 is 2.52 bits per heavy atom. The van der Waals surface area contributed by atoms with Gasteiger partial charge in [-0.05, 0) is 29.8 Å². The summed E-state index contributed by atoms with van der Waals surface area (Å²) < 4.78 is 1.84. The van der Waals surface area contributed by atoms with Gasteiger partial charge in [0.05, 0.1) is 23.0 Å². The quantitative estimate of drug-likeness (QED) is 0.490. The van der Waals surface area contributed by atoms with Gasteiger partial charge in [0.1, 0.15) is 0 Å². The molecule has 3 aromatic heterocycles. The summed E-state index contributed by atoms with van der Waals surface area (Å²) in [5.74, 6) is 0. The first-order valence-corrected chi connectivity index (χ1v) is 10.6. The molecule has 31 heavy (non-hydrogen) atoms. The standard InChI is InChI=1S/C25H22N6/c1-2-4-23-19(3-1)7-10-24(29-23)22-16-28-31-17-20(15-27-25(22)31)18-5-8-21(9-6-18)30-13-11-26-12-14-30/h1-10,15-17,26H,11-14H2. The van der Waals surface area contributed by atoms with Crippen LogP contribution < -0.4 is 10.2 Å². The van der Waals surface area contributed by atoms with Crippen LogP contribution in [-0.4, -0.2) is 45.8 Å². The van der Waals surface area contributed by atoms with Crippen molar-refractivity contribution in [1.29, 1.82) is 0 Å². The van der Waals surface area contributed by atoms with E-state index in [2.05, 4.69) is 51.7 Å². The van der Waals surface area contributed by atoms with Crippen molar-refractivity contribution in [3.63, 3.8) is 0 Å². The van der Waals surface area contributed by atoms with Crippen molar-refractivity contribution in [3.8, 4) is 22.4 Å². The van der Waals surface area contributed by atoms with Crippen molar-refractivity contribution in [3.05, 3.63) is 79.3 Å². The average molecular weight is 406 g/mol. The topological polar surface area (TPSA) is 58.4 Å². The number of pyridine rings is 1. The smallest absolute Gasteiger partial charge is 0.164 e. The highest BCUT2D eigenvalue weighted by molar-refractivity contribution is 5.84. The van der Waals surface area contributed by atoms with Crippen molar-refractivity contribution in [1.82, 2.24) is 24.9 Å². The maximum Gasteiger partial charge on any atom is 0.164 e. The number of benzene rings is 2. The lowest BCUT2D eigenvalue weighted by Crippen LogP contribution is -2.43. The number of anilines is 1. The van der Waals surface area contributed by atoms with Gasteiger partial charge < -0.3 is 10.2 Å². The fraction of sp³-hybridized carbons (Fsp3) is 0.160. The highest BCUT2D eigenvalue weighted by Crippen LogP contribution is 2.27. The molecule has 152 valence electrons. The second-order valence-electron chi connectivity index (χ2n) is 7.84. The van der Waals surface area contributed by atoms with Crippen LogP contribution in [0.15, 0.2) is 79.3 Å². The van der Waals surface area contributed by atoms with E-state index in [4.69, 9.17) is 9.97 Å². The first-order chi connectivity index (χ1) is 15.3. The molecule has 6 heteroatoms. The van der Waals surface area contributed by atoms with Gasteiger partial charge >= 0.3 is 0 Å². The van der Waals surface area contributed by atoms with Crippen molar-refractivity contribution < 1.29 is 0 Å². The lowest BCUT2D eigenvalue weighted by Gasteiger charge is -2.29. The largest absolute Gasteiger partial charge is 0.369 e. The molecule has 1 fully saturated rings. The number of hydrogen-bond donors (Lipinski definition) is 1. The molecule has 4 heterocycles. The normalized spacial score (nSPS) is 14.4. The van der Waals surface area contributed by atoms with Gasteiger partial charge in [-0.2, -0.15) is 5.10 Å². The molecule has 1 aliphatic rings. The summed E-state index contributed by atoms with van der Waals surface area (Å²) in [5.41, 5.74) is 7.04. The van der Waals surface area contributed by atoms with Crippen LogP contribution in [0.5, 0.6) is 0 Å². The molecule has 6 nitrogen and oxygen atoms in total. The van der Waals surface area contributed by atoms with Gasteiger partial charge in [0.15, 0.2) is 5.65 Å². The summed E-state index contributed by atoms with van der Waals surface area (Å²) in [6.07, 6.45) is 5.80. The van der Waals surface area contributed by atoms with Crippen LogP contribution >= 0.6 is 0 Å². The van der Waals surface area contributed by atoms with E-state index < -0.39 is 0 Å². The van der Waals surface area contributed by atoms with E-state index in [9.17, 15) is 0 Å². The summed E-state index contributed by atoms with van der Waals surface area (Å²) >= 11 is 0. The molecule has 0 spiro atoms. The van der Waals surface area contributed by atoms with E-state index in [-0.39, 0.29) is 0 Å². The minimum atomic E-state index is 0.809. The Labute approximate surface area is 180 Å². The summed E-state index contributed by atoms with van der Waals surface area (Å²) in [6.45, 7) is 4.17. The zero-order valence-corrected chi connectivity index (χ0v) is 17.1. The van der Waals surface area contributed by atoms with E-state index >= 15 is 0 Å². The molecule has 0 radical (unpaired) electrons. The summed E-state index contributed by atoms with van der Waals surface area (Å²) in [5, 5.41) is 9.08. The molecule has 0 amide bonds. The third-order valence-electron chi connectivity index (χ3n) is 5.91. The SMILES string of the molecule is c1ccc2nc(-c3cnn4cc(-c5ccc(N6CCNCC6)cc5)cnc34)ccc2c1. The van der Waals surface area contributed by atoms with E-state index in [1.807, 2.05) is 47.4 Å². The minimum absolute atomic E-state index is 0.809. The first-order valence-electron chi connectivity index (χ1n) is 10.6.